The summed E-state index contributed by atoms with van der Waals surface area (Å²) in [5.41, 5.74) is 1.49. The first-order valence-corrected chi connectivity index (χ1v) is 7.28. The molecule has 1 saturated heterocycles. The molecule has 0 bridgehead atoms. The monoisotopic (exact) mass is 344 g/mol. The zero-order valence-corrected chi connectivity index (χ0v) is 12.9. The molecule has 2 rings (SSSR count). The molecule has 24 heavy (non-hydrogen) atoms. The van der Waals surface area contributed by atoms with Gasteiger partial charge in [0.05, 0.1) is 36.5 Å². The van der Waals surface area contributed by atoms with Crippen LogP contribution in [0.25, 0.3) is 0 Å². The minimum absolute atomic E-state index is 0.0149. The van der Waals surface area contributed by atoms with Crippen LogP contribution in [0, 0.1) is 10.1 Å². The molecule has 0 aromatic heterocycles. The minimum atomic E-state index is -4.49. The Balaban J connectivity index is 2.30. The summed E-state index contributed by atoms with van der Waals surface area (Å²) in [5, 5.41) is 17.7. The van der Waals surface area contributed by atoms with Gasteiger partial charge >= 0.3 is 17.8 Å². The molecular weight excluding hydrogens is 327 g/mol. The summed E-state index contributed by atoms with van der Waals surface area (Å²) in [7, 11) is 1.54. The number of nitrogens with one attached hydrogen (secondary N) is 2. The van der Waals surface area contributed by atoms with E-state index in [1.807, 2.05) is 0 Å². The van der Waals surface area contributed by atoms with E-state index in [4.69, 9.17) is 0 Å². The molecule has 0 aliphatic carbocycles. The summed E-state index contributed by atoms with van der Waals surface area (Å²) in [5.74, 6) is -0.242. The van der Waals surface area contributed by atoms with E-state index in [1.165, 1.54) is 19.2 Å². The van der Waals surface area contributed by atoms with Gasteiger partial charge in [0.25, 0.3) is 0 Å². The fourth-order valence-electron chi connectivity index (χ4n) is 2.41. The number of hydrogen-bond donors (Lipinski definition) is 2. The number of halogens is 3. The molecule has 130 valence electrons. The molecule has 1 heterocycles. The highest BCUT2D eigenvalue weighted by Gasteiger charge is 2.33. The smallest absolute Gasteiger partial charge is 0.358 e. The number of hydrazone groups is 1. The molecule has 0 radical (unpaired) electrons. The third-order valence-corrected chi connectivity index (χ3v) is 3.52. The van der Waals surface area contributed by atoms with E-state index in [0.29, 0.717) is 13.1 Å². The normalized spacial score (nSPS) is 15.3. The first kappa shape index (κ1) is 17.7. The number of rotatable bonds is 2. The Morgan fingerprint density at radius 2 is 2.00 bits per heavy atom. The lowest BCUT2D eigenvalue weighted by Crippen LogP contribution is -2.41. The fraction of sp³-hybridized carbons (Fsp3) is 0.429. The van der Waals surface area contributed by atoms with Crippen molar-refractivity contribution in [3.8, 4) is 0 Å². The molecule has 7 nitrogen and oxygen atoms in total. The molecule has 0 atom stereocenters. The lowest BCUT2D eigenvalue weighted by Gasteiger charge is -2.07. The largest absolute Gasteiger partial charge is 0.476 e. The average Bonchev–Trinajstić information content (AvgIpc) is 3.04. The van der Waals surface area contributed by atoms with Gasteiger partial charge in [-0.05, 0) is 36.0 Å². The van der Waals surface area contributed by atoms with E-state index < -0.39 is 22.5 Å². The third-order valence-electron chi connectivity index (χ3n) is 3.52. The Labute approximate surface area is 136 Å². The van der Waals surface area contributed by atoms with Crippen LogP contribution in [0.5, 0.6) is 0 Å². The number of alkyl halides is 3. The molecule has 1 aromatic rings. The minimum Gasteiger partial charge on any atom is -0.358 e. The summed E-state index contributed by atoms with van der Waals surface area (Å²) in [6.45, 7) is 1.32. The third kappa shape index (κ3) is 4.21. The standard InChI is InChI=1S/C14H16F3N5O2/c1-18-12(21-7-2-3-8-21)13(22(23)24)20-19-11-6-4-5-10(9-11)14(15,16)17/h4-6,9H,2-3,7-8H2,1H3,(H,18,19)/p+1. The van der Waals surface area contributed by atoms with Crippen molar-refractivity contribution in [3.05, 3.63) is 39.9 Å². The zero-order valence-electron chi connectivity index (χ0n) is 12.9. The first-order valence-electron chi connectivity index (χ1n) is 7.28. The van der Waals surface area contributed by atoms with Gasteiger partial charge in [-0.3, -0.25) is 9.89 Å². The first-order chi connectivity index (χ1) is 11.3. The van der Waals surface area contributed by atoms with E-state index >= 15 is 0 Å². The highest BCUT2D eigenvalue weighted by atomic mass is 19.4. The van der Waals surface area contributed by atoms with Crippen LogP contribution in [-0.2, 0) is 6.18 Å². The molecule has 10 heteroatoms. The van der Waals surface area contributed by atoms with Gasteiger partial charge in [0, 0.05) is 0 Å². The zero-order chi connectivity index (χ0) is 17.7. The molecule has 2 N–H and O–H groups in total. The molecule has 1 fully saturated rings. The molecule has 1 aromatic carbocycles. The van der Waals surface area contributed by atoms with Crippen LogP contribution >= 0.6 is 0 Å². The average molecular weight is 344 g/mol. The number of hydrogen-bond acceptors (Lipinski definition) is 4. The van der Waals surface area contributed by atoms with Gasteiger partial charge in [0.1, 0.15) is 0 Å². The van der Waals surface area contributed by atoms with Gasteiger partial charge in [-0.25, -0.2) is 0 Å². The lowest BCUT2D eigenvalue weighted by atomic mass is 10.2. The van der Waals surface area contributed by atoms with Crippen molar-refractivity contribution >= 4 is 17.4 Å². The second-order valence-corrected chi connectivity index (χ2v) is 5.18. The maximum atomic E-state index is 12.7. The van der Waals surface area contributed by atoms with Crippen molar-refractivity contribution in [2.75, 3.05) is 25.6 Å². The molecule has 1 aliphatic rings. The Morgan fingerprint density at radius 1 is 1.33 bits per heavy atom. The summed E-state index contributed by atoms with van der Waals surface area (Å²) < 4.78 is 39.9. The van der Waals surface area contributed by atoms with E-state index in [1.54, 1.807) is 4.58 Å². The van der Waals surface area contributed by atoms with Gasteiger partial charge in [-0.15, -0.1) is 0 Å². The quantitative estimate of drug-likeness (QED) is 0.283. The van der Waals surface area contributed by atoms with Gasteiger partial charge in [-0.2, -0.15) is 18.6 Å². The van der Waals surface area contributed by atoms with Crippen molar-refractivity contribution in [3.63, 3.8) is 0 Å². The Kier molecular flexibility index (Phi) is 5.37. The molecular formula is C14H17F3N5O2+. The van der Waals surface area contributed by atoms with Crippen molar-refractivity contribution in [1.29, 1.82) is 0 Å². The Bertz CT molecular complexity index is 677. The van der Waals surface area contributed by atoms with Crippen molar-refractivity contribution in [1.82, 2.24) is 5.32 Å². The summed E-state index contributed by atoms with van der Waals surface area (Å²) >= 11 is 0. The van der Waals surface area contributed by atoms with Crippen LogP contribution in [0.3, 0.4) is 0 Å². The highest BCUT2D eigenvalue weighted by molar-refractivity contribution is 6.34. The summed E-state index contributed by atoms with van der Waals surface area (Å²) in [6, 6.07) is 4.32. The Hall–Kier alpha value is -2.65. The van der Waals surface area contributed by atoms with E-state index in [-0.39, 0.29) is 11.5 Å². The van der Waals surface area contributed by atoms with E-state index in [0.717, 1.165) is 25.0 Å². The number of benzene rings is 1. The highest BCUT2D eigenvalue weighted by Crippen LogP contribution is 2.30. The van der Waals surface area contributed by atoms with Gasteiger partial charge < -0.3 is 10.1 Å². The van der Waals surface area contributed by atoms with Crippen molar-refractivity contribution < 1.29 is 22.7 Å². The van der Waals surface area contributed by atoms with Crippen LogP contribution in [0.4, 0.5) is 18.9 Å². The second-order valence-electron chi connectivity index (χ2n) is 5.18. The summed E-state index contributed by atoms with van der Waals surface area (Å²) in [6.07, 6.45) is -2.67. The number of amidine groups is 2. The second kappa shape index (κ2) is 7.28. The molecule has 1 aliphatic heterocycles. The van der Waals surface area contributed by atoms with Gasteiger partial charge in [0.15, 0.2) is 0 Å². The number of nitro groups is 1. The SMILES string of the molecule is CNC(/C(=N\Nc1cccc(C(F)(F)F)c1)[N+](=O)[O-])=[N+]1CCCC1. The van der Waals surface area contributed by atoms with E-state index in [2.05, 4.69) is 15.8 Å². The van der Waals surface area contributed by atoms with Crippen LogP contribution in [-0.4, -0.2) is 41.3 Å². The molecule has 0 spiro atoms. The molecule has 0 saturated carbocycles. The van der Waals surface area contributed by atoms with Crippen LogP contribution < -0.4 is 10.7 Å². The maximum absolute atomic E-state index is 12.7. The number of likely N-dealkylation sites (N-methyl/N-ethyl adjacent to an activating group) is 1. The van der Waals surface area contributed by atoms with Gasteiger partial charge in [-0.1, -0.05) is 6.07 Å². The summed E-state index contributed by atoms with van der Waals surface area (Å²) in [4.78, 5) is 10.6. The van der Waals surface area contributed by atoms with Crippen molar-refractivity contribution in [2.45, 2.75) is 19.0 Å². The predicted octanol–water partition coefficient (Wildman–Crippen LogP) is 2.13. The van der Waals surface area contributed by atoms with Crippen LogP contribution in [0.1, 0.15) is 18.4 Å². The van der Waals surface area contributed by atoms with Crippen molar-refractivity contribution in [2.24, 2.45) is 5.10 Å². The molecule has 0 amide bonds. The van der Waals surface area contributed by atoms with Crippen LogP contribution in [0.2, 0.25) is 0 Å². The molecule has 0 unspecified atom stereocenters. The number of nitrogens with zero attached hydrogens (tertiary/aromatic N) is 3. The Morgan fingerprint density at radius 3 is 2.54 bits per heavy atom. The van der Waals surface area contributed by atoms with E-state index in [9.17, 15) is 23.3 Å². The fourth-order valence-corrected chi connectivity index (χ4v) is 2.41. The lowest BCUT2D eigenvalue weighted by molar-refractivity contribution is -0.509. The maximum Gasteiger partial charge on any atom is 0.476 e. The van der Waals surface area contributed by atoms with Gasteiger partial charge in [0.2, 0.25) is 0 Å². The number of anilines is 1. The topological polar surface area (TPSA) is 82.6 Å². The van der Waals surface area contributed by atoms with Crippen LogP contribution in [0.15, 0.2) is 29.4 Å². The predicted molar refractivity (Wildman–Crippen MR) is 82.8 cm³/mol.